The minimum atomic E-state index is -1.01. The molecule has 1 saturated heterocycles. The Hall–Kier alpha value is -2.56. The summed E-state index contributed by atoms with van der Waals surface area (Å²) in [5.41, 5.74) is 0.734. The van der Waals surface area contributed by atoms with Crippen LogP contribution in [0.1, 0.15) is 47.5 Å². The number of hydrogen-bond donors (Lipinski definition) is 1. The Kier molecular flexibility index (Phi) is 4.69. The zero-order chi connectivity index (χ0) is 17.1. The van der Waals surface area contributed by atoms with Crippen LogP contribution in [0.2, 0.25) is 0 Å². The first-order valence-electron chi connectivity index (χ1n) is 8.20. The summed E-state index contributed by atoms with van der Waals surface area (Å²) < 4.78 is 5.53. The number of likely N-dealkylation sites (tertiary alicyclic amines) is 1. The molecule has 1 fully saturated rings. The summed E-state index contributed by atoms with van der Waals surface area (Å²) in [5, 5.41) is 9.29. The van der Waals surface area contributed by atoms with E-state index >= 15 is 0 Å². The van der Waals surface area contributed by atoms with Gasteiger partial charge in [-0.15, -0.1) is 0 Å². The highest BCUT2D eigenvalue weighted by atomic mass is 16.4. The number of carboxylic acid groups (broad SMARTS) is 1. The summed E-state index contributed by atoms with van der Waals surface area (Å²) in [6.45, 7) is 2.85. The lowest BCUT2D eigenvalue weighted by molar-refractivity contribution is -0.135. The zero-order valence-electron chi connectivity index (χ0n) is 13.6. The van der Waals surface area contributed by atoms with E-state index in [1.54, 1.807) is 24.5 Å². The molecule has 5 heteroatoms. The zero-order valence-corrected chi connectivity index (χ0v) is 13.6. The normalized spacial score (nSPS) is 20.8. The van der Waals surface area contributed by atoms with E-state index in [1.807, 2.05) is 17.0 Å². The van der Waals surface area contributed by atoms with Crippen molar-refractivity contribution in [3.05, 3.63) is 59.5 Å². The number of carbonyl (C=O) groups excluding carboxylic acids is 1. The smallest absolute Gasteiger partial charge is 0.335 e. The second kappa shape index (κ2) is 6.91. The predicted molar refractivity (Wildman–Crippen MR) is 88.7 cm³/mol. The van der Waals surface area contributed by atoms with Gasteiger partial charge in [0.2, 0.25) is 5.91 Å². The summed E-state index contributed by atoms with van der Waals surface area (Å²) in [4.78, 5) is 26.0. The lowest BCUT2D eigenvalue weighted by Gasteiger charge is -2.37. The van der Waals surface area contributed by atoms with Gasteiger partial charge in [0.25, 0.3) is 0 Å². The SMILES string of the molecule is CC1CCN(C(=O)Cc2ccccc2C(=O)O)C(c2ccco2)C1. The number of aromatic carboxylic acids is 1. The van der Waals surface area contributed by atoms with Crippen molar-refractivity contribution in [1.29, 1.82) is 0 Å². The van der Waals surface area contributed by atoms with Crippen LogP contribution in [-0.2, 0) is 11.2 Å². The predicted octanol–water partition coefficient (Wildman–Crippen LogP) is 3.52. The summed E-state index contributed by atoms with van der Waals surface area (Å²) in [5.74, 6) is 0.252. The third-order valence-corrected chi connectivity index (χ3v) is 4.65. The van der Waals surface area contributed by atoms with Crippen LogP contribution in [0, 0.1) is 5.92 Å². The Morgan fingerprint density at radius 1 is 1.25 bits per heavy atom. The van der Waals surface area contributed by atoms with Gasteiger partial charge in [0.15, 0.2) is 0 Å². The third-order valence-electron chi connectivity index (χ3n) is 4.65. The molecule has 1 aliphatic rings. The fourth-order valence-electron chi connectivity index (χ4n) is 3.34. The minimum Gasteiger partial charge on any atom is -0.478 e. The first kappa shape index (κ1) is 16.3. The quantitative estimate of drug-likeness (QED) is 0.932. The Morgan fingerprint density at radius 2 is 2.04 bits per heavy atom. The van der Waals surface area contributed by atoms with Crippen LogP contribution in [0.3, 0.4) is 0 Å². The Balaban J connectivity index is 1.82. The first-order chi connectivity index (χ1) is 11.6. The van der Waals surface area contributed by atoms with Crippen LogP contribution in [0.15, 0.2) is 47.1 Å². The topological polar surface area (TPSA) is 70.8 Å². The van der Waals surface area contributed by atoms with Crippen LogP contribution in [0.5, 0.6) is 0 Å². The average Bonchev–Trinajstić information content (AvgIpc) is 3.09. The van der Waals surface area contributed by atoms with Crippen molar-refractivity contribution in [1.82, 2.24) is 4.90 Å². The maximum Gasteiger partial charge on any atom is 0.335 e. The van der Waals surface area contributed by atoms with Crippen molar-refractivity contribution >= 4 is 11.9 Å². The van der Waals surface area contributed by atoms with Crippen LogP contribution >= 0.6 is 0 Å². The van der Waals surface area contributed by atoms with Crippen molar-refractivity contribution in [3.63, 3.8) is 0 Å². The highest BCUT2D eigenvalue weighted by Gasteiger charge is 2.32. The van der Waals surface area contributed by atoms with Gasteiger partial charge in [0.05, 0.1) is 24.3 Å². The highest BCUT2D eigenvalue weighted by molar-refractivity contribution is 5.91. The molecule has 1 aromatic carbocycles. The first-order valence-corrected chi connectivity index (χ1v) is 8.20. The molecule has 24 heavy (non-hydrogen) atoms. The molecule has 2 unspecified atom stereocenters. The second-order valence-electron chi connectivity index (χ2n) is 6.39. The number of benzene rings is 1. The van der Waals surface area contributed by atoms with E-state index in [0.717, 1.165) is 18.6 Å². The van der Waals surface area contributed by atoms with E-state index in [-0.39, 0.29) is 23.9 Å². The van der Waals surface area contributed by atoms with Crippen molar-refractivity contribution in [3.8, 4) is 0 Å². The number of amides is 1. The lowest BCUT2D eigenvalue weighted by atomic mass is 9.90. The Labute approximate surface area is 140 Å². The molecule has 1 N–H and O–H groups in total. The van der Waals surface area contributed by atoms with Gasteiger partial charge < -0.3 is 14.4 Å². The van der Waals surface area contributed by atoms with Crippen LogP contribution in [0.4, 0.5) is 0 Å². The van der Waals surface area contributed by atoms with Gasteiger partial charge >= 0.3 is 5.97 Å². The molecule has 0 radical (unpaired) electrons. The number of hydrogen-bond acceptors (Lipinski definition) is 3. The molecule has 1 aromatic heterocycles. The molecular weight excluding hydrogens is 306 g/mol. The third kappa shape index (κ3) is 3.35. The maximum atomic E-state index is 12.8. The number of furan rings is 1. The van der Waals surface area contributed by atoms with Crippen LogP contribution in [-0.4, -0.2) is 28.4 Å². The van der Waals surface area contributed by atoms with E-state index in [1.165, 1.54) is 6.07 Å². The molecule has 0 bridgehead atoms. The van der Waals surface area contributed by atoms with Crippen molar-refractivity contribution in [2.24, 2.45) is 5.92 Å². The van der Waals surface area contributed by atoms with E-state index in [0.29, 0.717) is 18.0 Å². The number of carboxylic acids is 1. The molecule has 0 aliphatic carbocycles. The minimum absolute atomic E-state index is 0.0583. The van der Waals surface area contributed by atoms with E-state index in [2.05, 4.69) is 6.92 Å². The number of carbonyl (C=O) groups is 2. The van der Waals surface area contributed by atoms with Gasteiger partial charge in [0.1, 0.15) is 5.76 Å². The molecule has 0 saturated carbocycles. The van der Waals surface area contributed by atoms with Gasteiger partial charge in [-0.3, -0.25) is 4.79 Å². The fourth-order valence-corrected chi connectivity index (χ4v) is 3.34. The van der Waals surface area contributed by atoms with E-state index in [4.69, 9.17) is 4.42 Å². The molecule has 5 nitrogen and oxygen atoms in total. The van der Waals surface area contributed by atoms with Crippen LogP contribution in [0.25, 0.3) is 0 Å². The van der Waals surface area contributed by atoms with E-state index in [9.17, 15) is 14.7 Å². The molecule has 0 spiro atoms. The van der Waals surface area contributed by atoms with Crippen LogP contribution < -0.4 is 0 Å². The summed E-state index contributed by atoms with van der Waals surface area (Å²) >= 11 is 0. The van der Waals surface area contributed by atoms with Gasteiger partial charge in [-0.2, -0.15) is 0 Å². The lowest BCUT2D eigenvalue weighted by Crippen LogP contribution is -2.41. The molecule has 2 aromatic rings. The number of rotatable bonds is 4. The molecule has 126 valence electrons. The van der Waals surface area contributed by atoms with Gasteiger partial charge in [-0.1, -0.05) is 25.1 Å². The van der Waals surface area contributed by atoms with Gasteiger partial charge in [-0.05, 0) is 42.5 Å². The van der Waals surface area contributed by atoms with E-state index < -0.39 is 5.97 Å². The molecular formula is C19H21NO4. The fraction of sp³-hybridized carbons (Fsp3) is 0.368. The largest absolute Gasteiger partial charge is 0.478 e. The van der Waals surface area contributed by atoms with Crippen molar-refractivity contribution < 1.29 is 19.1 Å². The maximum absolute atomic E-state index is 12.8. The average molecular weight is 327 g/mol. The van der Waals surface area contributed by atoms with Crippen molar-refractivity contribution in [2.45, 2.75) is 32.2 Å². The Morgan fingerprint density at radius 3 is 2.75 bits per heavy atom. The standard InChI is InChI=1S/C19H21NO4/c1-13-8-9-20(16(11-13)17-7-4-10-24-17)18(21)12-14-5-2-3-6-15(14)19(22)23/h2-7,10,13,16H,8-9,11-12H2,1H3,(H,22,23). The van der Waals surface area contributed by atoms with Gasteiger partial charge in [0, 0.05) is 6.54 Å². The summed E-state index contributed by atoms with van der Waals surface area (Å²) in [6, 6.07) is 10.3. The Bertz CT molecular complexity index is 723. The number of piperidine rings is 1. The molecule has 3 rings (SSSR count). The number of nitrogens with zero attached hydrogens (tertiary/aromatic N) is 1. The molecule has 2 heterocycles. The second-order valence-corrected chi connectivity index (χ2v) is 6.39. The molecule has 1 amide bonds. The van der Waals surface area contributed by atoms with Gasteiger partial charge in [-0.25, -0.2) is 4.79 Å². The van der Waals surface area contributed by atoms with Crippen molar-refractivity contribution in [2.75, 3.05) is 6.54 Å². The molecule has 2 atom stereocenters. The highest BCUT2D eigenvalue weighted by Crippen LogP contribution is 2.34. The monoisotopic (exact) mass is 327 g/mol. The summed E-state index contributed by atoms with van der Waals surface area (Å²) in [7, 11) is 0. The molecule has 1 aliphatic heterocycles. The summed E-state index contributed by atoms with van der Waals surface area (Å²) in [6.07, 6.45) is 3.52.